The molecule has 3 saturated carbocycles. The highest BCUT2D eigenvalue weighted by Gasteiger charge is 2.44. The largest absolute Gasteiger partial charge is 0.450 e. The number of ether oxygens (including phenoxy) is 3. The molecular formula is C85H88F3N11O6. The SMILES string of the molecule is CCOC(=O)N[C@@H]1CC[C@@H]2[C@H](Cc3cccnc3[C@H]2/C=C/c2ccc(-c3cccc(F)c3)cn2)C1.CCOC(=O)N[C@@H]1CC[C@@H]2[C@H](Cc3ncncc3[C@H]2/C=C/c2ccc(-c3cccc(F)c3)cn2)C1.CCOC(=O)N[C@@H]1CC[C@@H]2[C@H](Cc3nnccc3[C@H]2/C=C/c2ccc(-c3cccc(F)c3)cn2)C1. The van der Waals surface area contributed by atoms with Crippen LogP contribution in [0.1, 0.15) is 147 Å². The van der Waals surface area contributed by atoms with E-state index in [0.29, 0.717) is 55.3 Å². The minimum absolute atomic E-state index is 0.121. The molecule has 3 aromatic carbocycles. The molecule has 105 heavy (non-hydrogen) atoms. The fourth-order valence-corrected chi connectivity index (χ4v) is 16.8. The van der Waals surface area contributed by atoms with Crippen molar-refractivity contribution in [2.75, 3.05) is 19.8 Å². The lowest BCUT2D eigenvalue weighted by atomic mass is 9.63. The third-order valence-electron chi connectivity index (χ3n) is 21.6. The summed E-state index contributed by atoms with van der Waals surface area (Å²) in [7, 11) is 0. The molecule has 0 bridgehead atoms. The van der Waals surface area contributed by atoms with E-state index < -0.39 is 0 Å². The normalized spacial score (nSPS) is 23.4. The van der Waals surface area contributed by atoms with Gasteiger partial charge in [0.1, 0.15) is 23.8 Å². The molecule has 0 spiro atoms. The summed E-state index contributed by atoms with van der Waals surface area (Å²) >= 11 is 0. The van der Waals surface area contributed by atoms with Gasteiger partial charge in [-0.3, -0.25) is 19.9 Å². The molecule has 17 nitrogen and oxygen atoms in total. The van der Waals surface area contributed by atoms with Gasteiger partial charge in [-0.25, -0.2) is 37.5 Å². The van der Waals surface area contributed by atoms with Gasteiger partial charge in [-0.15, -0.1) is 0 Å². The topological polar surface area (TPSA) is 218 Å². The van der Waals surface area contributed by atoms with Gasteiger partial charge in [-0.05, 0) is 252 Å². The molecule has 6 aliphatic carbocycles. The zero-order valence-corrected chi connectivity index (χ0v) is 59.3. The Labute approximate surface area is 611 Å². The number of rotatable bonds is 15. The first kappa shape index (κ1) is 72.6. The summed E-state index contributed by atoms with van der Waals surface area (Å²) in [5.74, 6) is 2.56. The number of allylic oxidation sites excluding steroid dienone is 3. The summed E-state index contributed by atoms with van der Waals surface area (Å²) in [5, 5.41) is 17.7. The Bertz CT molecular complexity index is 4090. The fourth-order valence-electron chi connectivity index (χ4n) is 16.8. The molecule has 3 fully saturated rings. The first-order valence-corrected chi connectivity index (χ1v) is 36.8. The van der Waals surface area contributed by atoms with Crippen LogP contribution in [0.15, 0.2) is 189 Å². The molecule has 0 saturated heterocycles. The van der Waals surface area contributed by atoms with Crippen LogP contribution < -0.4 is 16.0 Å². The van der Waals surface area contributed by atoms with Gasteiger partial charge in [0, 0.05) is 95.4 Å². The highest BCUT2D eigenvalue weighted by Crippen LogP contribution is 2.50. The predicted molar refractivity (Wildman–Crippen MR) is 398 cm³/mol. The number of benzene rings is 3. The second-order valence-corrected chi connectivity index (χ2v) is 28.0. The standard InChI is InChI=1S/C29H30FN3O2.2C28H29FN4O2/c1-2-35-29(34)33-25-11-12-26-22(17-25)15-20-6-4-14-31-28(20)27(26)13-10-24-9-8-21(18-32-24)19-5-3-7-23(30)16-19;1-2-35-28(34)33-23-9-10-24-20(13-23)14-27-26(16-30-17-32-27)25(24)11-8-22-7-6-19(15-31-22)18-4-3-5-21(29)12-18;1-2-35-28(34)32-23-9-10-24-20(15-23)16-27-26(12-13-31-33-27)25(24)11-8-22-7-6-19(17-30-22)18-4-3-5-21(29)14-18/h3-10,13-14,16,18,22,25-27H,2,11-12,15,17H2,1H3,(H,33,34);3-8,11-12,15-17,20,23-25H,2,9-10,13-14H2,1H3,(H,33,34);3-8,11-14,17,20,23-25H,2,9-10,15-16H2,1H3,(H,32,34)/b13-10+;2*11-8+/t22-,25-,26-,27+;2*20-,23+,24+,25-/m100/s1. The lowest BCUT2D eigenvalue weighted by Gasteiger charge is -2.43. The number of aromatic nitrogens is 8. The molecule has 20 heteroatoms. The van der Waals surface area contributed by atoms with Gasteiger partial charge in [0.25, 0.3) is 0 Å². The molecule has 0 unspecified atom stereocenters. The zero-order valence-electron chi connectivity index (χ0n) is 59.3. The molecule has 15 rings (SSSR count). The summed E-state index contributed by atoms with van der Waals surface area (Å²) in [6.07, 6.45) is 35.8. The molecule has 9 aromatic rings. The van der Waals surface area contributed by atoms with Crippen molar-refractivity contribution in [3.8, 4) is 33.4 Å². The molecule has 3 N–H and O–H groups in total. The van der Waals surface area contributed by atoms with Crippen molar-refractivity contribution in [2.45, 2.75) is 134 Å². The van der Waals surface area contributed by atoms with Gasteiger partial charge >= 0.3 is 18.3 Å². The highest BCUT2D eigenvalue weighted by molar-refractivity contribution is 5.69. The average molecular weight is 1420 g/mol. The Morgan fingerprint density at radius 3 is 1.32 bits per heavy atom. The monoisotopic (exact) mass is 1420 g/mol. The first-order valence-electron chi connectivity index (χ1n) is 36.8. The van der Waals surface area contributed by atoms with E-state index in [2.05, 4.69) is 99.7 Å². The van der Waals surface area contributed by atoms with E-state index >= 15 is 0 Å². The first-order chi connectivity index (χ1) is 51.3. The molecule has 12 atom stereocenters. The molecule has 6 aromatic heterocycles. The van der Waals surface area contributed by atoms with Gasteiger partial charge in [-0.2, -0.15) is 10.2 Å². The van der Waals surface area contributed by atoms with Crippen LogP contribution in [0.3, 0.4) is 0 Å². The van der Waals surface area contributed by atoms with Gasteiger partial charge in [-0.1, -0.05) is 78.9 Å². The van der Waals surface area contributed by atoms with E-state index in [4.69, 9.17) is 19.2 Å². The van der Waals surface area contributed by atoms with Gasteiger partial charge in [0.2, 0.25) is 0 Å². The van der Waals surface area contributed by atoms with Crippen molar-refractivity contribution in [1.29, 1.82) is 0 Å². The number of alkyl carbamates (subject to hydrolysis) is 3. The molecule has 0 radical (unpaired) electrons. The minimum atomic E-state index is -0.337. The third-order valence-corrected chi connectivity index (χ3v) is 21.6. The van der Waals surface area contributed by atoms with E-state index in [1.54, 1.807) is 49.3 Å². The molecule has 6 heterocycles. The minimum Gasteiger partial charge on any atom is -0.450 e. The number of halogens is 3. The maximum Gasteiger partial charge on any atom is 0.407 e. The number of amides is 3. The number of nitrogens with one attached hydrogen (secondary N) is 3. The maximum atomic E-state index is 13.6. The highest BCUT2D eigenvalue weighted by atomic mass is 19.1. The summed E-state index contributed by atoms with van der Waals surface area (Å²) in [6, 6.07) is 38.1. The quantitative estimate of drug-likeness (QED) is 0.0814. The van der Waals surface area contributed by atoms with Crippen molar-refractivity contribution in [1.82, 2.24) is 56.1 Å². The van der Waals surface area contributed by atoms with Crippen molar-refractivity contribution < 1.29 is 41.8 Å². The number of pyridine rings is 4. The maximum absolute atomic E-state index is 13.6. The Morgan fingerprint density at radius 2 is 0.876 bits per heavy atom. The van der Waals surface area contributed by atoms with E-state index in [1.807, 2.05) is 93.8 Å². The number of fused-ring (bicyclic) bond motifs is 6. The molecule has 540 valence electrons. The lowest BCUT2D eigenvalue weighted by Crippen LogP contribution is -2.44. The van der Waals surface area contributed by atoms with Gasteiger partial charge in [0.05, 0.1) is 48.3 Å². The Balaban J connectivity index is 0.000000140. The molecule has 3 amide bonds. The van der Waals surface area contributed by atoms with Crippen molar-refractivity contribution >= 4 is 36.5 Å². The van der Waals surface area contributed by atoms with Crippen LogP contribution in [0.4, 0.5) is 27.6 Å². The van der Waals surface area contributed by atoms with Crippen LogP contribution in [-0.4, -0.2) is 96.3 Å². The van der Waals surface area contributed by atoms with Crippen molar-refractivity contribution in [3.63, 3.8) is 0 Å². The summed E-state index contributed by atoms with van der Waals surface area (Å²) in [4.78, 5) is 63.2. The smallest absolute Gasteiger partial charge is 0.407 e. The predicted octanol–water partition coefficient (Wildman–Crippen LogP) is 17.3. The van der Waals surface area contributed by atoms with Crippen LogP contribution >= 0.6 is 0 Å². The molecular weight excluding hydrogens is 1330 g/mol. The Morgan fingerprint density at radius 1 is 0.438 bits per heavy atom. The fraction of sp³-hybridized carbons (Fsp3) is 0.353. The van der Waals surface area contributed by atoms with Crippen molar-refractivity contribution in [2.24, 2.45) is 35.5 Å². The Kier molecular flexibility index (Phi) is 24.0. The number of hydrogen-bond donors (Lipinski definition) is 3. The molecule has 6 aliphatic rings. The van der Waals surface area contributed by atoms with Gasteiger partial charge in [0.15, 0.2) is 0 Å². The molecule has 0 aliphatic heterocycles. The summed E-state index contributed by atoms with van der Waals surface area (Å²) in [5.41, 5.74) is 14.6. The summed E-state index contributed by atoms with van der Waals surface area (Å²) in [6.45, 7) is 6.58. The second-order valence-electron chi connectivity index (χ2n) is 28.0. The van der Waals surface area contributed by atoms with Crippen LogP contribution in [0.5, 0.6) is 0 Å². The van der Waals surface area contributed by atoms with E-state index in [0.717, 1.165) is 145 Å². The number of carbonyl (C=O) groups excluding carboxylic acids is 3. The van der Waals surface area contributed by atoms with Gasteiger partial charge < -0.3 is 30.2 Å². The lowest BCUT2D eigenvalue weighted by molar-refractivity contribution is 0.127. The van der Waals surface area contributed by atoms with E-state index in [1.165, 1.54) is 53.1 Å². The van der Waals surface area contributed by atoms with Crippen LogP contribution in [0, 0.1) is 53.0 Å². The average Bonchev–Trinajstić information content (AvgIpc) is 0.781. The van der Waals surface area contributed by atoms with Crippen molar-refractivity contribution in [3.05, 3.63) is 257 Å². The van der Waals surface area contributed by atoms with E-state index in [9.17, 15) is 27.6 Å². The van der Waals surface area contributed by atoms with Crippen LogP contribution in [0.2, 0.25) is 0 Å². The second kappa shape index (κ2) is 34.7. The third kappa shape index (κ3) is 18.4. The van der Waals surface area contributed by atoms with Crippen LogP contribution in [-0.2, 0) is 33.5 Å². The Hall–Kier alpha value is -10.8. The van der Waals surface area contributed by atoms with E-state index in [-0.39, 0.29) is 71.6 Å². The number of hydrogen-bond acceptors (Lipinski definition) is 14. The van der Waals surface area contributed by atoms with Crippen LogP contribution in [0.25, 0.3) is 51.6 Å². The summed E-state index contributed by atoms with van der Waals surface area (Å²) < 4.78 is 56.0. The number of nitrogens with zero attached hydrogens (tertiary/aromatic N) is 8. The number of carbonyl (C=O) groups is 3. The zero-order chi connectivity index (χ0) is 72.6.